The lowest BCUT2D eigenvalue weighted by Gasteiger charge is -2.16. The Kier molecular flexibility index (Phi) is 11.3. The van der Waals surface area contributed by atoms with Gasteiger partial charge >= 0.3 is 0 Å². The van der Waals surface area contributed by atoms with Gasteiger partial charge in [0.05, 0.1) is 27.9 Å². The van der Waals surface area contributed by atoms with E-state index in [2.05, 4.69) is 53.7 Å². The van der Waals surface area contributed by atoms with E-state index >= 15 is 0 Å². The van der Waals surface area contributed by atoms with E-state index in [-0.39, 0.29) is 24.0 Å². The van der Waals surface area contributed by atoms with E-state index in [1.54, 1.807) is 21.3 Å². The van der Waals surface area contributed by atoms with Crippen LogP contribution in [-0.4, -0.2) is 40.4 Å². The molecule has 0 aromatic heterocycles. The summed E-state index contributed by atoms with van der Waals surface area (Å²) in [5, 5.41) is 6.67. The summed E-state index contributed by atoms with van der Waals surface area (Å²) < 4.78 is 16.3. The molecule has 0 bridgehead atoms. The molecule has 0 atom stereocenters. The van der Waals surface area contributed by atoms with Gasteiger partial charge in [-0.2, -0.15) is 0 Å². The van der Waals surface area contributed by atoms with Crippen LogP contribution in [0.1, 0.15) is 23.6 Å². The molecule has 2 N–H and O–H groups in total. The molecular formula is C22H32IN3O3. The summed E-state index contributed by atoms with van der Waals surface area (Å²) in [6.07, 6.45) is 0.762. The first kappa shape index (κ1) is 24.9. The second kappa shape index (κ2) is 13.1. The number of guanidine groups is 1. The van der Waals surface area contributed by atoms with Gasteiger partial charge in [0.2, 0.25) is 5.75 Å². The Morgan fingerprint density at radius 1 is 0.966 bits per heavy atom. The topological polar surface area (TPSA) is 64.1 Å². The van der Waals surface area contributed by atoms with Crippen molar-refractivity contribution >= 4 is 29.9 Å². The Morgan fingerprint density at radius 3 is 2.34 bits per heavy atom. The highest BCUT2D eigenvalue weighted by Crippen LogP contribution is 2.39. The van der Waals surface area contributed by atoms with Gasteiger partial charge in [-0.3, -0.25) is 0 Å². The molecule has 0 fully saturated rings. The summed E-state index contributed by atoms with van der Waals surface area (Å²) in [7, 11) is 4.87. The number of nitrogens with one attached hydrogen (secondary N) is 2. The maximum absolute atomic E-state index is 5.55. The van der Waals surface area contributed by atoms with Crippen LogP contribution in [0.5, 0.6) is 17.2 Å². The second-order valence-electron chi connectivity index (χ2n) is 6.35. The van der Waals surface area contributed by atoms with E-state index < -0.39 is 0 Å². The smallest absolute Gasteiger partial charge is 0.203 e. The number of hydrogen-bond donors (Lipinski definition) is 2. The predicted molar refractivity (Wildman–Crippen MR) is 129 cm³/mol. The highest BCUT2D eigenvalue weighted by atomic mass is 127. The van der Waals surface area contributed by atoms with E-state index in [0.29, 0.717) is 30.3 Å². The van der Waals surface area contributed by atoms with Gasteiger partial charge in [0, 0.05) is 18.7 Å². The zero-order valence-electron chi connectivity index (χ0n) is 17.9. The van der Waals surface area contributed by atoms with Gasteiger partial charge in [-0.25, -0.2) is 4.99 Å². The van der Waals surface area contributed by atoms with Gasteiger partial charge in [0.1, 0.15) is 0 Å². The van der Waals surface area contributed by atoms with Gasteiger partial charge in [0.25, 0.3) is 0 Å². The number of halogens is 1. The van der Waals surface area contributed by atoms with Crippen molar-refractivity contribution in [2.75, 3.05) is 34.4 Å². The zero-order chi connectivity index (χ0) is 20.4. The lowest BCUT2D eigenvalue weighted by molar-refractivity contribution is 0.322. The number of ether oxygens (including phenoxy) is 3. The third kappa shape index (κ3) is 7.30. The molecule has 0 spiro atoms. The van der Waals surface area contributed by atoms with Crippen molar-refractivity contribution in [1.82, 2.24) is 10.6 Å². The number of hydrogen-bond acceptors (Lipinski definition) is 4. The predicted octanol–water partition coefficient (Wildman–Crippen LogP) is 3.94. The van der Waals surface area contributed by atoms with Crippen LogP contribution < -0.4 is 24.8 Å². The van der Waals surface area contributed by atoms with Crippen molar-refractivity contribution in [3.8, 4) is 17.2 Å². The Labute approximate surface area is 191 Å². The number of rotatable bonds is 9. The minimum atomic E-state index is 0. The molecule has 6 nitrogen and oxygen atoms in total. The van der Waals surface area contributed by atoms with Crippen molar-refractivity contribution in [3.05, 3.63) is 53.1 Å². The van der Waals surface area contributed by atoms with E-state index in [9.17, 15) is 0 Å². The minimum Gasteiger partial charge on any atom is -0.493 e. The van der Waals surface area contributed by atoms with Crippen molar-refractivity contribution < 1.29 is 14.2 Å². The fraction of sp³-hybridized carbons (Fsp3) is 0.409. The van der Waals surface area contributed by atoms with Crippen LogP contribution in [0, 0.1) is 6.92 Å². The summed E-state index contributed by atoms with van der Waals surface area (Å²) in [6, 6.07) is 12.3. The Balaban J connectivity index is 0.00000420. The number of methoxy groups -OCH3 is 3. The van der Waals surface area contributed by atoms with Gasteiger partial charge < -0.3 is 24.8 Å². The van der Waals surface area contributed by atoms with Crippen LogP contribution in [0.4, 0.5) is 0 Å². The molecule has 2 rings (SSSR count). The Morgan fingerprint density at radius 2 is 1.72 bits per heavy atom. The molecule has 0 aliphatic rings. The summed E-state index contributed by atoms with van der Waals surface area (Å²) in [6.45, 7) is 6.30. The molecule has 0 unspecified atom stereocenters. The molecule has 2 aromatic carbocycles. The van der Waals surface area contributed by atoms with E-state index in [4.69, 9.17) is 14.2 Å². The molecule has 0 saturated carbocycles. The molecule has 0 aliphatic carbocycles. The van der Waals surface area contributed by atoms with Gasteiger partial charge in [-0.05, 0) is 31.9 Å². The fourth-order valence-corrected chi connectivity index (χ4v) is 3.00. The van der Waals surface area contributed by atoms with Crippen LogP contribution in [0.3, 0.4) is 0 Å². The highest BCUT2D eigenvalue weighted by Gasteiger charge is 2.15. The van der Waals surface area contributed by atoms with Gasteiger partial charge in [-0.15, -0.1) is 24.0 Å². The number of nitrogens with zero attached hydrogens (tertiary/aromatic N) is 1. The number of aliphatic imine (C=N–C) groups is 1. The first-order chi connectivity index (χ1) is 13.6. The van der Waals surface area contributed by atoms with Crippen molar-refractivity contribution in [2.24, 2.45) is 4.99 Å². The second-order valence-corrected chi connectivity index (χ2v) is 6.35. The highest BCUT2D eigenvalue weighted by molar-refractivity contribution is 14.0. The van der Waals surface area contributed by atoms with Crippen LogP contribution in [0.15, 0.2) is 41.4 Å². The average Bonchev–Trinajstić information content (AvgIpc) is 2.71. The van der Waals surface area contributed by atoms with Crippen LogP contribution >= 0.6 is 24.0 Å². The normalized spacial score (nSPS) is 10.7. The molecule has 7 heteroatoms. The molecule has 29 heavy (non-hydrogen) atoms. The molecule has 0 heterocycles. The first-order valence-electron chi connectivity index (χ1n) is 9.48. The number of benzene rings is 2. The molecular weight excluding hydrogens is 481 g/mol. The fourth-order valence-electron chi connectivity index (χ4n) is 3.00. The molecule has 2 aromatic rings. The monoisotopic (exact) mass is 513 g/mol. The summed E-state index contributed by atoms with van der Waals surface area (Å²) in [4.78, 5) is 4.68. The molecule has 0 radical (unpaired) electrons. The standard InChI is InChI=1S/C22H31N3O3.HI/c1-6-23-22(25-15-17-9-7-8-16(2)14-17)24-13-12-18-10-11-19(26-3)21(28-5)20(18)27-4;/h7-11,14H,6,12-13,15H2,1-5H3,(H2,23,24,25);1H. The lowest BCUT2D eigenvalue weighted by atomic mass is 10.1. The summed E-state index contributed by atoms with van der Waals surface area (Å²) >= 11 is 0. The van der Waals surface area contributed by atoms with Gasteiger partial charge in [0.15, 0.2) is 17.5 Å². The Hall–Kier alpha value is -2.16. The van der Waals surface area contributed by atoms with E-state index in [0.717, 1.165) is 24.5 Å². The molecule has 160 valence electrons. The Bertz CT molecular complexity index is 797. The number of aryl methyl sites for hydroxylation is 1. The molecule has 0 aliphatic heterocycles. The van der Waals surface area contributed by atoms with Crippen molar-refractivity contribution in [1.29, 1.82) is 0 Å². The van der Waals surface area contributed by atoms with E-state index in [1.807, 2.05) is 12.1 Å². The maximum atomic E-state index is 5.55. The molecule has 0 saturated heterocycles. The summed E-state index contributed by atoms with van der Waals surface area (Å²) in [5.74, 6) is 2.76. The van der Waals surface area contributed by atoms with Crippen molar-refractivity contribution in [3.63, 3.8) is 0 Å². The quantitative estimate of drug-likeness (QED) is 0.302. The zero-order valence-corrected chi connectivity index (χ0v) is 20.2. The van der Waals surface area contributed by atoms with Crippen LogP contribution in [-0.2, 0) is 13.0 Å². The molecule has 0 amide bonds. The van der Waals surface area contributed by atoms with Crippen molar-refractivity contribution in [2.45, 2.75) is 26.8 Å². The minimum absolute atomic E-state index is 0. The third-order valence-electron chi connectivity index (χ3n) is 4.32. The first-order valence-corrected chi connectivity index (χ1v) is 9.48. The van der Waals surface area contributed by atoms with E-state index in [1.165, 1.54) is 11.1 Å². The maximum Gasteiger partial charge on any atom is 0.203 e. The van der Waals surface area contributed by atoms with Crippen LogP contribution in [0.2, 0.25) is 0 Å². The van der Waals surface area contributed by atoms with Crippen LogP contribution in [0.25, 0.3) is 0 Å². The van der Waals surface area contributed by atoms with Gasteiger partial charge in [-0.1, -0.05) is 35.9 Å². The SMILES string of the molecule is CCNC(=NCc1cccc(C)c1)NCCc1ccc(OC)c(OC)c1OC.I. The summed E-state index contributed by atoms with van der Waals surface area (Å²) in [5.41, 5.74) is 3.48. The average molecular weight is 513 g/mol. The lowest BCUT2D eigenvalue weighted by Crippen LogP contribution is -2.38. The third-order valence-corrected chi connectivity index (χ3v) is 4.32. The largest absolute Gasteiger partial charge is 0.493 e.